The molecule has 0 bridgehead atoms. The summed E-state index contributed by atoms with van der Waals surface area (Å²) in [6.07, 6.45) is 7.44. The number of fused-ring (bicyclic) bond motifs is 1. The standard InChI is InChI=1S/C26H33FN4O4/c1-3-35-24(33)21-15-22-23(32)30(16-18-10-9-11-19(27)14-18)26(2,17-31(22)29-21)25(34)28-20-12-7-5-4-6-8-13-20/h9-11,14-15,20H,3-8,12-13,16-17H2,1-2H3,(H,28,34). The maximum Gasteiger partial charge on any atom is 0.358 e. The molecule has 0 spiro atoms. The Hall–Kier alpha value is -3.23. The van der Waals surface area contributed by atoms with Crippen LogP contribution in [0.1, 0.15) is 85.3 Å². The molecule has 1 aliphatic carbocycles. The lowest BCUT2D eigenvalue weighted by atomic mass is 9.92. The van der Waals surface area contributed by atoms with Gasteiger partial charge in [-0.25, -0.2) is 9.18 Å². The van der Waals surface area contributed by atoms with E-state index in [1.807, 2.05) is 0 Å². The van der Waals surface area contributed by atoms with Gasteiger partial charge in [-0.1, -0.05) is 44.2 Å². The van der Waals surface area contributed by atoms with Crippen molar-refractivity contribution in [2.45, 2.75) is 83.5 Å². The molecule has 0 radical (unpaired) electrons. The number of aromatic nitrogens is 2. The number of amides is 2. The first-order chi connectivity index (χ1) is 16.8. The minimum absolute atomic E-state index is 0.0191. The monoisotopic (exact) mass is 484 g/mol. The Morgan fingerprint density at radius 2 is 1.89 bits per heavy atom. The van der Waals surface area contributed by atoms with E-state index in [4.69, 9.17) is 4.74 Å². The Morgan fingerprint density at radius 1 is 1.17 bits per heavy atom. The molecule has 1 fully saturated rings. The highest BCUT2D eigenvalue weighted by molar-refractivity contribution is 6.01. The number of nitrogens with one attached hydrogen (secondary N) is 1. The Morgan fingerprint density at radius 3 is 2.57 bits per heavy atom. The summed E-state index contributed by atoms with van der Waals surface area (Å²) in [6, 6.07) is 7.43. The van der Waals surface area contributed by atoms with Crippen molar-refractivity contribution in [2.24, 2.45) is 0 Å². The summed E-state index contributed by atoms with van der Waals surface area (Å²) in [5.41, 5.74) is -0.496. The first-order valence-electron chi connectivity index (χ1n) is 12.4. The van der Waals surface area contributed by atoms with Gasteiger partial charge in [0.1, 0.15) is 17.1 Å². The van der Waals surface area contributed by atoms with Crippen LogP contribution in [0.4, 0.5) is 4.39 Å². The highest BCUT2D eigenvalue weighted by Gasteiger charge is 2.48. The van der Waals surface area contributed by atoms with Crippen LogP contribution in [0.5, 0.6) is 0 Å². The minimum Gasteiger partial charge on any atom is -0.461 e. The van der Waals surface area contributed by atoms with Crippen molar-refractivity contribution in [3.05, 3.63) is 53.1 Å². The predicted octanol–water partition coefficient (Wildman–Crippen LogP) is 3.84. The third-order valence-electron chi connectivity index (χ3n) is 6.94. The van der Waals surface area contributed by atoms with Gasteiger partial charge in [0, 0.05) is 18.7 Å². The summed E-state index contributed by atoms with van der Waals surface area (Å²) in [4.78, 5) is 41.1. The molecular formula is C26H33FN4O4. The lowest BCUT2D eigenvalue weighted by Crippen LogP contribution is -2.64. The molecule has 1 aliphatic heterocycles. The number of halogens is 1. The second kappa shape index (κ2) is 10.6. The van der Waals surface area contributed by atoms with Gasteiger partial charge in [-0.2, -0.15) is 5.10 Å². The molecule has 1 saturated carbocycles. The largest absolute Gasteiger partial charge is 0.461 e. The molecule has 8 nitrogen and oxygen atoms in total. The molecular weight excluding hydrogens is 451 g/mol. The van der Waals surface area contributed by atoms with Gasteiger partial charge in [-0.3, -0.25) is 14.3 Å². The van der Waals surface area contributed by atoms with Crippen LogP contribution in [0.15, 0.2) is 30.3 Å². The fourth-order valence-corrected chi connectivity index (χ4v) is 4.95. The van der Waals surface area contributed by atoms with E-state index in [0.29, 0.717) is 5.56 Å². The highest BCUT2D eigenvalue weighted by atomic mass is 19.1. The topological polar surface area (TPSA) is 93.5 Å². The molecule has 4 rings (SSSR count). The summed E-state index contributed by atoms with van der Waals surface area (Å²) in [5.74, 6) is -1.76. The normalized spacial score (nSPS) is 21.1. The lowest BCUT2D eigenvalue weighted by molar-refractivity contribution is -0.134. The Labute approximate surface area is 204 Å². The summed E-state index contributed by atoms with van der Waals surface area (Å²) < 4.78 is 20.4. The minimum atomic E-state index is -1.28. The van der Waals surface area contributed by atoms with Gasteiger partial charge in [0.15, 0.2) is 5.69 Å². The first kappa shape index (κ1) is 24.9. The van der Waals surface area contributed by atoms with Crippen molar-refractivity contribution in [3.63, 3.8) is 0 Å². The summed E-state index contributed by atoms with van der Waals surface area (Å²) in [7, 11) is 0. The van der Waals surface area contributed by atoms with Gasteiger partial charge in [0.05, 0.1) is 13.2 Å². The zero-order chi connectivity index (χ0) is 25.0. The summed E-state index contributed by atoms with van der Waals surface area (Å²) in [6.45, 7) is 3.70. The highest BCUT2D eigenvalue weighted by Crippen LogP contribution is 2.30. The zero-order valence-electron chi connectivity index (χ0n) is 20.4. The molecule has 188 valence electrons. The molecule has 2 heterocycles. The second-order valence-corrected chi connectivity index (χ2v) is 9.60. The Kier molecular flexibility index (Phi) is 7.52. The van der Waals surface area contributed by atoms with Crippen LogP contribution in [-0.2, 0) is 22.6 Å². The molecule has 1 N–H and O–H groups in total. The average molecular weight is 485 g/mol. The van der Waals surface area contributed by atoms with Crippen molar-refractivity contribution < 1.29 is 23.5 Å². The van der Waals surface area contributed by atoms with Crippen molar-refractivity contribution in [2.75, 3.05) is 6.61 Å². The van der Waals surface area contributed by atoms with Gasteiger partial charge in [0.2, 0.25) is 5.91 Å². The molecule has 9 heteroatoms. The number of carbonyl (C=O) groups is 3. The maximum atomic E-state index is 13.9. The molecule has 2 amide bonds. The fourth-order valence-electron chi connectivity index (χ4n) is 4.95. The van der Waals surface area contributed by atoms with Gasteiger partial charge in [0.25, 0.3) is 5.91 Å². The fraction of sp³-hybridized carbons (Fsp3) is 0.538. The van der Waals surface area contributed by atoms with Crippen LogP contribution in [0.25, 0.3) is 0 Å². The number of hydrogen-bond acceptors (Lipinski definition) is 5. The summed E-state index contributed by atoms with van der Waals surface area (Å²) >= 11 is 0. The average Bonchev–Trinajstić information content (AvgIpc) is 3.22. The molecule has 1 atom stereocenters. The Balaban J connectivity index is 1.66. The van der Waals surface area contributed by atoms with Crippen LogP contribution in [0, 0.1) is 5.82 Å². The predicted molar refractivity (Wildman–Crippen MR) is 127 cm³/mol. The number of rotatable bonds is 6. The molecule has 0 saturated heterocycles. The van der Waals surface area contributed by atoms with Crippen molar-refractivity contribution in [1.82, 2.24) is 20.0 Å². The number of esters is 1. The van der Waals surface area contributed by atoms with E-state index in [0.717, 1.165) is 38.5 Å². The van der Waals surface area contributed by atoms with E-state index < -0.39 is 23.2 Å². The number of hydrogen-bond donors (Lipinski definition) is 1. The quantitative estimate of drug-likeness (QED) is 0.629. The van der Waals surface area contributed by atoms with Crippen LogP contribution in [0.3, 0.4) is 0 Å². The van der Waals surface area contributed by atoms with Gasteiger partial charge >= 0.3 is 5.97 Å². The van der Waals surface area contributed by atoms with Crippen LogP contribution in [-0.4, -0.2) is 50.7 Å². The molecule has 1 aromatic heterocycles. The second-order valence-electron chi connectivity index (χ2n) is 9.60. The van der Waals surface area contributed by atoms with Crippen molar-refractivity contribution in [1.29, 1.82) is 0 Å². The van der Waals surface area contributed by atoms with E-state index in [9.17, 15) is 18.8 Å². The molecule has 1 unspecified atom stereocenters. The third kappa shape index (κ3) is 5.39. The number of nitrogens with zero attached hydrogens (tertiary/aromatic N) is 3. The Bertz CT molecular complexity index is 1090. The van der Waals surface area contributed by atoms with Gasteiger partial charge in [-0.15, -0.1) is 0 Å². The maximum absolute atomic E-state index is 13.9. The number of carbonyl (C=O) groups excluding carboxylic acids is 3. The third-order valence-corrected chi connectivity index (χ3v) is 6.94. The van der Waals surface area contributed by atoms with Crippen LogP contribution in [0.2, 0.25) is 0 Å². The zero-order valence-corrected chi connectivity index (χ0v) is 20.4. The van der Waals surface area contributed by atoms with E-state index in [1.165, 1.54) is 34.2 Å². The van der Waals surface area contributed by atoms with E-state index >= 15 is 0 Å². The smallest absolute Gasteiger partial charge is 0.358 e. The molecule has 35 heavy (non-hydrogen) atoms. The first-order valence-corrected chi connectivity index (χ1v) is 12.4. The van der Waals surface area contributed by atoms with Gasteiger partial charge in [-0.05, 0) is 44.4 Å². The SMILES string of the molecule is CCOC(=O)c1cc2n(n1)CC(C)(C(=O)NC1CCCCCCC1)N(Cc1cccc(F)c1)C2=O. The van der Waals surface area contributed by atoms with E-state index in [2.05, 4.69) is 10.4 Å². The number of benzene rings is 1. The van der Waals surface area contributed by atoms with Crippen LogP contribution < -0.4 is 5.32 Å². The summed E-state index contributed by atoms with van der Waals surface area (Å²) in [5, 5.41) is 7.47. The van der Waals surface area contributed by atoms with Crippen LogP contribution >= 0.6 is 0 Å². The van der Waals surface area contributed by atoms with E-state index in [-0.39, 0.29) is 43.0 Å². The van der Waals surface area contributed by atoms with Gasteiger partial charge < -0.3 is 15.0 Å². The lowest BCUT2D eigenvalue weighted by Gasteiger charge is -2.44. The van der Waals surface area contributed by atoms with E-state index in [1.54, 1.807) is 26.0 Å². The molecule has 2 aromatic rings. The molecule has 2 aliphatic rings. The van der Waals surface area contributed by atoms with Crippen molar-refractivity contribution >= 4 is 17.8 Å². The van der Waals surface area contributed by atoms with Crippen molar-refractivity contribution in [3.8, 4) is 0 Å². The number of ether oxygens (including phenoxy) is 1. The molecule has 1 aromatic carbocycles.